The van der Waals surface area contributed by atoms with Crippen LogP contribution in [0.3, 0.4) is 0 Å². The fraction of sp³-hybridized carbons (Fsp3) is 0.448. The van der Waals surface area contributed by atoms with Gasteiger partial charge in [-0.1, -0.05) is 12.1 Å². The molecule has 228 valence electrons. The molecule has 1 amide bonds. The Morgan fingerprint density at radius 3 is 2.33 bits per heavy atom. The number of aliphatic hydroxyl groups excluding tert-OH is 1. The topological polar surface area (TPSA) is 141 Å². The van der Waals surface area contributed by atoms with Crippen LogP contribution in [0.15, 0.2) is 65.3 Å². The third-order valence-electron chi connectivity index (χ3n) is 7.02. The highest BCUT2D eigenvalue weighted by molar-refractivity contribution is 7.89. The van der Waals surface area contributed by atoms with Crippen molar-refractivity contribution in [3.05, 3.63) is 71.5 Å². The van der Waals surface area contributed by atoms with Crippen molar-refractivity contribution in [2.45, 2.75) is 23.5 Å². The number of esters is 1. The summed E-state index contributed by atoms with van der Waals surface area (Å²) in [4.78, 5) is 26.9. The van der Waals surface area contributed by atoms with Crippen molar-refractivity contribution in [3.8, 4) is 5.75 Å². The minimum atomic E-state index is -3.92. The van der Waals surface area contributed by atoms with Gasteiger partial charge in [-0.15, -0.1) is 0 Å². The van der Waals surface area contributed by atoms with Crippen LogP contribution in [0.25, 0.3) is 0 Å². The van der Waals surface area contributed by atoms with Gasteiger partial charge in [0.1, 0.15) is 5.75 Å². The lowest BCUT2D eigenvalue weighted by atomic mass is 9.92. The van der Waals surface area contributed by atoms with Gasteiger partial charge < -0.3 is 33.7 Å². The normalized spacial score (nSPS) is 19.1. The molecule has 2 atom stereocenters. The van der Waals surface area contributed by atoms with E-state index >= 15 is 0 Å². The summed E-state index contributed by atoms with van der Waals surface area (Å²) in [5.41, 5.74) is 1.24. The lowest BCUT2D eigenvalue weighted by Gasteiger charge is -2.33. The molecule has 13 heteroatoms. The van der Waals surface area contributed by atoms with E-state index in [4.69, 9.17) is 23.7 Å². The van der Waals surface area contributed by atoms with E-state index in [1.54, 1.807) is 47.4 Å². The van der Waals surface area contributed by atoms with E-state index < -0.39 is 22.3 Å². The fourth-order valence-electron chi connectivity index (χ4n) is 4.70. The molecule has 0 saturated carbocycles. The Morgan fingerprint density at radius 1 is 1.02 bits per heavy atom. The van der Waals surface area contributed by atoms with Gasteiger partial charge in [-0.05, 0) is 48.0 Å². The summed E-state index contributed by atoms with van der Waals surface area (Å²) in [5.74, 6) is -0.358. The average molecular weight is 605 g/mol. The summed E-state index contributed by atoms with van der Waals surface area (Å²) in [6, 6.07) is 12.9. The monoisotopic (exact) mass is 604 g/mol. The number of amides is 1. The second-order valence-corrected chi connectivity index (χ2v) is 11.6. The highest BCUT2D eigenvalue weighted by Crippen LogP contribution is 2.32. The predicted molar refractivity (Wildman–Crippen MR) is 150 cm³/mol. The van der Waals surface area contributed by atoms with Crippen LogP contribution in [0.2, 0.25) is 0 Å². The van der Waals surface area contributed by atoms with Gasteiger partial charge in [0.25, 0.3) is 5.91 Å². The number of hydrogen-bond donors (Lipinski definition) is 1. The fourth-order valence-corrected chi connectivity index (χ4v) is 6.11. The van der Waals surface area contributed by atoms with E-state index in [0.29, 0.717) is 44.0 Å². The molecule has 2 aliphatic heterocycles. The first-order chi connectivity index (χ1) is 20.3. The second-order valence-electron chi connectivity index (χ2n) is 9.61. The molecule has 2 aromatic carbocycles. The van der Waals surface area contributed by atoms with E-state index in [2.05, 4.69) is 0 Å². The molecule has 0 bridgehead atoms. The van der Waals surface area contributed by atoms with Gasteiger partial charge in [0, 0.05) is 38.5 Å². The Bertz CT molecular complexity index is 1340. The number of sulfonamides is 1. The number of methoxy groups -OCH3 is 2. The van der Waals surface area contributed by atoms with Gasteiger partial charge in [-0.2, -0.15) is 4.31 Å². The first kappa shape index (κ1) is 31.4. The van der Waals surface area contributed by atoms with Crippen molar-refractivity contribution in [1.82, 2.24) is 9.21 Å². The molecule has 12 nitrogen and oxygen atoms in total. The first-order valence-electron chi connectivity index (χ1n) is 13.6. The molecule has 42 heavy (non-hydrogen) atoms. The molecule has 0 radical (unpaired) electrons. The predicted octanol–water partition coefficient (Wildman–Crippen LogP) is 1.75. The van der Waals surface area contributed by atoms with E-state index in [1.165, 1.54) is 26.4 Å². The van der Waals surface area contributed by atoms with E-state index in [1.807, 2.05) is 0 Å². The molecular weight excluding hydrogens is 568 g/mol. The molecule has 2 aromatic rings. The number of benzene rings is 2. The number of carbonyl (C=O) groups excluding carboxylic acids is 2. The molecule has 1 saturated heterocycles. The molecule has 1 fully saturated rings. The molecular formula is C29H36N2O10S. The van der Waals surface area contributed by atoms with Crippen LogP contribution in [-0.4, -0.2) is 108 Å². The van der Waals surface area contributed by atoms with E-state index in [0.717, 1.165) is 9.87 Å². The highest BCUT2D eigenvalue weighted by Gasteiger charge is 2.32. The maximum absolute atomic E-state index is 13.3. The van der Waals surface area contributed by atoms with Crippen LogP contribution in [0, 0.1) is 0 Å². The average Bonchev–Trinajstić information content (AvgIpc) is 3.04. The van der Waals surface area contributed by atoms with Crippen LogP contribution in [0.5, 0.6) is 5.75 Å². The standard InChI is InChI=1S/C29H36N2O10S/c1-37-24-7-9-25(10-8-24)42(35,36)31(11-15-32)14-18-40-27-20-23(21-3-5-22(6-4-21)29(34)38-2)19-26(41-27)28(33)30-12-16-39-17-13-30/h3-10,19,23,27,32H,11-18,20H2,1-2H3/t23-,27+/m0/s1. The summed E-state index contributed by atoms with van der Waals surface area (Å²) in [5, 5.41) is 9.55. The van der Waals surface area contributed by atoms with E-state index in [9.17, 15) is 23.1 Å². The zero-order chi connectivity index (χ0) is 30.1. The molecule has 1 N–H and O–H groups in total. The number of morpholine rings is 1. The molecule has 2 heterocycles. The third-order valence-corrected chi connectivity index (χ3v) is 8.93. The zero-order valence-corrected chi connectivity index (χ0v) is 24.5. The smallest absolute Gasteiger partial charge is 0.337 e. The first-order valence-corrected chi connectivity index (χ1v) is 15.0. The molecule has 4 rings (SSSR count). The minimum absolute atomic E-state index is 0.0485. The van der Waals surface area contributed by atoms with Crippen molar-refractivity contribution in [1.29, 1.82) is 0 Å². The molecule has 2 aliphatic rings. The number of aliphatic hydroxyl groups is 1. The third kappa shape index (κ3) is 7.66. The second kappa shape index (κ2) is 14.6. The summed E-state index contributed by atoms with van der Waals surface area (Å²) in [6.45, 7) is 1.13. The molecule has 0 spiro atoms. The summed E-state index contributed by atoms with van der Waals surface area (Å²) < 4.78 is 54.8. The summed E-state index contributed by atoms with van der Waals surface area (Å²) >= 11 is 0. The Morgan fingerprint density at radius 2 is 1.71 bits per heavy atom. The number of hydrogen-bond acceptors (Lipinski definition) is 10. The number of rotatable bonds is 12. The van der Waals surface area contributed by atoms with Crippen molar-refractivity contribution >= 4 is 21.9 Å². The minimum Gasteiger partial charge on any atom is -0.497 e. The number of nitrogens with zero attached hydrogens (tertiary/aromatic N) is 2. The van der Waals surface area contributed by atoms with Gasteiger partial charge in [-0.25, -0.2) is 13.2 Å². The maximum Gasteiger partial charge on any atom is 0.337 e. The number of allylic oxidation sites excluding steroid dienone is 1. The van der Waals surface area contributed by atoms with Gasteiger partial charge in [-0.3, -0.25) is 4.79 Å². The zero-order valence-electron chi connectivity index (χ0n) is 23.6. The van der Waals surface area contributed by atoms with Crippen molar-refractivity contribution in [3.63, 3.8) is 0 Å². The van der Waals surface area contributed by atoms with Crippen LogP contribution in [0.1, 0.15) is 28.3 Å². The van der Waals surface area contributed by atoms with Crippen LogP contribution in [-0.2, 0) is 33.8 Å². The Labute approximate surface area is 245 Å². The van der Waals surface area contributed by atoms with Gasteiger partial charge in [0.2, 0.25) is 16.3 Å². The molecule has 0 aromatic heterocycles. The lowest BCUT2D eigenvalue weighted by Crippen LogP contribution is -2.43. The van der Waals surface area contributed by atoms with Crippen LogP contribution in [0.4, 0.5) is 0 Å². The van der Waals surface area contributed by atoms with Gasteiger partial charge >= 0.3 is 5.97 Å². The molecule has 0 aliphatic carbocycles. The summed E-state index contributed by atoms with van der Waals surface area (Å²) in [6.07, 6.45) is 1.25. The van der Waals surface area contributed by atoms with Gasteiger partial charge in [0.05, 0.1) is 51.1 Å². The SMILES string of the molecule is COC(=O)c1ccc([C@H]2C=C(C(=O)N3CCOCC3)O[C@@H](OCCN(CCO)S(=O)(=O)c3ccc(OC)cc3)C2)cc1. The summed E-state index contributed by atoms with van der Waals surface area (Å²) in [7, 11) is -1.12. The Hall–Kier alpha value is -3.49. The highest BCUT2D eigenvalue weighted by atomic mass is 32.2. The van der Waals surface area contributed by atoms with Crippen molar-refractivity contribution in [2.75, 3.05) is 66.8 Å². The van der Waals surface area contributed by atoms with Crippen LogP contribution >= 0.6 is 0 Å². The van der Waals surface area contributed by atoms with Crippen LogP contribution < -0.4 is 4.74 Å². The Kier molecular flexibility index (Phi) is 10.9. The van der Waals surface area contributed by atoms with Gasteiger partial charge in [0.15, 0.2) is 5.76 Å². The van der Waals surface area contributed by atoms with Crippen molar-refractivity contribution in [2.24, 2.45) is 0 Å². The number of ether oxygens (including phenoxy) is 5. The largest absolute Gasteiger partial charge is 0.497 e. The lowest BCUT2D eigenvalue weighted by molar-refractivity contribution is -0.155. The number of carbonyl (C=O) groups is 2. The quantitative estimate of drug-likeness (QED) is 0.356. The van der Waals surface area contributed by atoms with E-state index in [-0.39, 0.29) is 48.8 Å². The molecule has 0 unspecified atom stereocenters. The Balaban J connectivity index is 1.48. The van der Waals surface area contributed by atoms with Crippen molar-refractivity contribution < 1.29 is 46.8 Å². The maximum atomic E-state index is 13.3.